The van der Waals surface area contributed by atoms with Gasteiger partial charge in [0.15, 0.2) is 0 Å². The van der Waals surface area contributed by atoms with E-state index in [0.29, 0.717) is 25.8 Å². The van der Waals surface area contributed by atoms with Gasteiger partial charge in [0.25, 0.3) is 0 Å². The number of carbonyl (C=O) groups is 2. The Morgan fingerprint density at radius 3 is 2.48 bits per heavy atom. The molecular formula is C13H21F3N2O3. The molecule has 1 unspecified atom stereocenters. The van der Waals surface area contributed by atoms with Gasteiger partial charge in [-0.3, -0.25) is 4.79 Å². The first-order valence-corrected chi connectivity index (χ1v) is 6.91. The maximum absolute atomic E-state index is 12.2. The van der Waals surface area contributed by atoms with E-state index in [4.69, 9.17) is 0 Å². The second-order valence-corrected chi connectivity index (χ2v) is 5.53. The van der Waals surface area contributed by atoms with Crippen LogP contribution < -0.4 is 0 Å². The fraction of sp³-hybridized carbons (Fsp3) is 0.846. The Hall–Kier alpha value is -1.47. The molecule has 0 aromatic rings. The van der Waals surface area contributed by atoms with Gasteiger partial charge in [-0.1, -0.05) is 6.92 Å². The smallest absolute Gasteiger partial charge is 0.390 e. The average molecular weight is 310 g/mol. The molecule has 1 fully saturated rings. The molecule has 2 amide bonds. The Balaban J connectivity index is 2.67. The van der Waals surface area contributed by atoms with Crippen LogP contribution in [0.15, 0.2) is 0 Å². The summed E-state index contributed by atoms with van der Waals surface area (Å²) in [4.78, 5) is 25.9. The van der Waals surface area contributed by atoms with Gasteiger partial charge in [-0.25, -0.2) is 4.79 Å². The van der Waals surface area contributed by atoms with Crippen molar-refractivity contribution in [1.82, 2.24) is 9.80 Å². The predicted molar refractivity (Wildman–Crippen MR) is 69.9 cm³/mol. The SMILES string of the molecule is CCC1(C(=O)O)CCCN(C(=O)N(C)CCC(F)(F)F)C1. The lowest BCUT2D eigenvalue weighted by molar-refractivity contribution is -0.152. The molecule has 0 radical (unpaired) electrons. The average Bonchev–Trinajstić information content (AvgIpc) is 2.42. The lowest BCUT2D eigenvalue weighted by Gasteiger charge is -2.40. The van der Waals surface area contributed by atoms with Crippen LogP contribution in [0.1, 0.15) is 32.6 Å². The van der Waals surface area contributed by atoms with E-state index < -0.39 is 36.6 Å². The van der Waals surface area contributed by atoms with Gasteiger partial charge < -0.3 is 14.9 Å². The standard InChI is InChI=1S/C13H21F3N2O3/c1-3-12(10(19)20)5-4-7-18(9-12)11(21)17(2)8-6-13(14,15)16/h3-9H2,1-2H3,(H,19,20). The summed E-state index contributed by atoms with van der Waals surface area (Å²) in [6.07, 6.45) is -3.97. The molecule has 1 rings (SSSR count). The van der Waals surface area contributed by atoms with Gasteiger partial charge in [-0.05, 0) is 19.3 Å². The van der Waals surface area contributed by atoms with E-state index in [1.54, 1.807) is 6.92 Å². The number of hydrogen-bond acceptors (Lipinski definition) is 2. The summed E-state index contributed by atoms with van der Waals surface area (Å²) in [5, 5.41) is 9.34. The Morgan fingerprint density at radius 1 is 1.38 bits per heavy atom. The van der Waals surface area contributed by atoms with E-state index in [1.807, 2.05) is 0 Å². The Kier molecular flexibility index (Phi) is 5.47. The van der Waals surface area contributed by atoms with Gasteiger partial charge in [-0.2, -0.15) is 13.2 Å². The van der Waals surface area contributed by atoms with Crippen molar-refractivity contribution in [2.45, 2.75) is 38.8 Å². The van der Waals surface area contributed by atoms with Crippen LogP contribution in [-0.4, -0.2) is 59.8 Å². The Labute approximate surface area is 121 Å². The Morgan fingerprint density at radius 2 is 2.00 bits per heavy atom. The summed E-state index contributed by atoms with van der Waals surface area (Å²) in [6.45, 7) is 1.75. The second-order valence-electron chi connectivity index (χ2n) is 5.53. The van der Waals surface area contributed by atoms with Crippen molar-refractivity contribution in [2.75, 3.05) is 26.7 Å². The van der Waals surface area contributed by atoms with Crippen LogP contribution in [0.2, 0.25) is 0 Å². The number of carbonyl (C=O) groups excluding carboxylic acids is 1. The van der Waals surface area contributed by atoms with Gasteiger partial charge in [0.05, 0.1) is 11.8 Å². The number of hydrogen-bond donors (Lipinski definition) is 1. The van der Waals surface area contributed by atoms with Crippen molar-refractivity contribution in [3.63, 3.8) is 0 Å². The van der Waals surface area contributed by atoms with Crippen LogP contribution >= 0.6 is 0 Å². The van der Waals surface area contributed by atoms with Crippen molar-refractivity contribution in [2.24, 2.45) is 5.41 Å². The van der Waals surface area contributed by atoms with Crippen molar-refractivity contribution in [3.8, 4) is 0 Å². The summed E-state index contributed by atoms with van der Waals surface area (Å²) >= 11 is 0. The molecule has 8 heteroatoms. The first kappa shape index (κ1) is 17.6. The molecule has 5 nitrogen and oxygen atoms in total. The number of halogens is 3. The summed E-state index contributed by atoms with van der Waals surface area (Å²) in [7, 11) is 1.30. The zero-order chi connectivity index (χ0) is 16.3. The number of likely N-dealkylation sites (tertiary alicyclic amines) is 1. The number of piperidine rings is 1. The van der Waals surface area contributed by atoms with Gasteiger partial charge in [0.2, 0.25) is 0 Å². The minimum Gasteiger partial charge on any atom is -0.481 e. The molecule has 122 valence electrons. The monoisotopic (exact) mass is 310 g/mol. The number of alkyl halides is 3. The molecule has 0 aromatic carbocycles. The highest BCUT2D eigenvalue weighted by Gasteiger charge is 2.42. The number of nitrogens with zero attached hydrogens (tertiary/aromatic N) is 2. The van der Waals surface area contributed by atoms with Crippen LogP contribution in [0.25, 0.3) is 0 Å². The van der Waals surface area contributed by atoms with E-state index in [2.05, 4.69) is 0 Å². The van der Waals surface area contributed by atoms with E-state index in [-0.39, 0.29) is 6.54 Å². The highest BCUT2D eigenvalue weighted by Crippen LogP contribution is 2.34. The zero-order valence-corrected chi connectivity index (χ0v) is 12.2. The molecule has 1 saturated heterocycles. The zero-order valence-electron chi connectivity index (χ0n) is 12.2. The van der Waals surface area contributed by atoms with E-state index in [0.717, 1.165) is 4.90 Å². The molecule has 1 aliphatic rings. The quantitative estimate of drug-likeness (QED) is 0.868. The first-order chi connectivity index (χ1) is 9.61. The molecule has 1 atom stereocenters. The van der Waals surface area contributed by atoms with Crippen LogP contribution in [-0.2, 0) is 4.79 Å². The number of urea groups is 1. The molecule has 1 N–H and O–H groups in total. The van der Waals surface area contributed by atoms with Gasteiger partial charge in [-0.15, -0.1) is 0 Å². The minimum absolute atomic E-state index is 0.0496. The van der Waals surface area contributed by atoms with Crippen molar-refractivity contribution in [3.05, 3.63) is 0 Å². The summed E-state index contributed by atoms with van der Waals surface area (Å²) in [5.74, 6) is -0.958. The number of amides is 2. The largest absolute Gasteiger partial charge is 0.481 e. The molecule has 1 heterocycles. The highest BCUT2D eigenvalue weighted by molar-refractivity contribution is 5.78. The van der Waals surface area contributed by atoms with E-state index in [9.17, 15) is 27.9 Å². The number of rotatable bonds is 4. The highest BCUT2D eigenvalue weighted by atomic mass is 19.4. The Bertz CT molecular complexity index is 401. The van der Waals surface area contributed by atoms with Crippen LogP contribution in [0, 0.1) is 5.41 Å². The number of aliphatic carboxylic acids is 1. The summed E-state index contributed by atoms with van der Waals surface area (Å²) in [5.41, 5.74) is -0.987. The van der Waals surface area contributed by atoms with Crippen molar-refractivity contribution < 1.29 is 27.9 Å². The molecular weight excluding hydrogens is 289 g/mol. The van der Waals surface area contributed by atoms with Gasteiger partial charge in [0.1, 0.15) is 0 Å². The molecule has 0 saturated carbocycles. The third kappa shape index (κ3) is 4.50. The second kappa shape index (κ2) is 6.53. The van der Waals surface area contributed by atoms with Gasteiger partial charge in [0, 0.05) is 26.7 Å². The lowest BCUT2D eigenvalue weighted by Crippen LogP contribution is -2.53. The van der Waals surface area contributed by atoms with Gasteiger partial charge >= 0.3 is 18.2 Å². The van der Waals surface area contributed by atoms with Crippen molar-refractivity contribution >= 4 is 12.0 Å². The minimum atomic E-state index is -4.31. The third-order valence-electron chi connectivity index (χ3n) is 4.04. The van der Waals surface area contributed by atoms with E-state index >= 15 is 0 Å². The third-order valence-corrected chi connectivity index (χ3v) is 4.04. The fourth-order valence-corrected chi connectivity index (χ4v) is 2.54. The van der Waals surface area contributed by atoms with Crippen LogP contribution in [0.5, 0.6) is 0 Å². The number of carboxylic acids is 1. The summed E-state index contributed by atoms with van der Waals surface area (Å²) < 4.78 is 36.5. The molecule has 21 heavy (non-hydrogen) atoms. The van der Waals surface area contributed by atoms with Crippen LogP contribution in [0.3, 0.4) is 0 Å². The maximum atomic E-state index is 12.2. The molecule has 0 bridgehead atoms. The topological polar surface area (TPSA) is 60.9 Å². The normalized spacial score (nSPS) is 23.0. The number of carboxylic acid groups (broad SMARTS) is 1. The fourth-order valence-electron chi connectivity index (χ4n) is 2.54. The lowest BCUT2D eigenvalue weighted by atomic mass is 9.78. The molecule has 1 aliphatic heterocycles. The predicted octanol–water partition coefficient (Wildman–Crippen LogP) is 2.57. The van der Waals surface area contributed by atoms with E-state index in [1.165, 1.54) is 11.9 Å². The van der Waals surface area contributed by atoms with Crippen LogP contribution in [0.4, 0.5) is 18.0 Å². The molecule has 0 aromatic heterocycles. The summed E-state index contributed by atoms with van der Waals surface area (Å²) in [6, 6.07) is -0.543. The maximum Gasteiger partial charge on any atom is 0.390 e. The molecule has 0 spiro atoms. The first-order valence-electron chi connectivity index (χ1n) is 6.91. The molecule has 0 aliphatic carbocycles. The van der Waals surface area contributed by atoms with Crippen molar-refractivity contribution in [1.29, 1.82) is 0 Å².